The minimum absolute atomic E-state index is 0.111. The molecule has 7 heteroatoms. The lowest BCUT2D eigenvalue weighted by Crippen LogP contribution is -2.20. The summed E-state index contributed by atoms with van der Waals surface area (Å²) >= 11 is 1.24. The van der Waals surface area contributed by atoms with E-state index in [1.54, 1.807) is 31.2 Å². The third-order valence-electron chi connectivity index (χ3n) is 5.38. The van der Waals surface area contributed by atoms with Gasteiger partial charge in [-0.05, 0) is 63.5 Å². The van der Waals surface area contributed by atoms with Gasteiger partial charge in [-0.1, -0.05) is 12.2 Å². The van der Waals surface area contributed by atoms with Crippen molar-refractivity contribution in [3.05, 3.63) is 34.0 Å². The number of aromatic carboxylic acids is 1. The Hall–Kier alpha value is -1.28. The second-order valence-electron chi connectivity index (χ2n) is 7.76. The van der Waals surface area contributed by atoms with Crippen LogP contribution in [0, 0.1) is 11.8 Å². The molecule has 1 aliphatic carbocycles. The van der Waals surface area contributed by atoms with Crippen molar-refractivity contribution in [2.45, 2.75) is 76.4 Å². The maximum atomic E-state index is 14.4. The molecule has 158 valence electrons. The number of carboxylic acids is 1. The number of rotatable bonds is 11. The largest absolute Gasteiger partial charge is 0.477 e. The Morgan fingerprint density at radius 2 is 2.07 bits per heavy atom. The van der Waals surface area contributed by atoms with Crippen LogP contribution in [0.25, 0.3) is 0 Å². The van der Waals surface area contributed by atoms with Crippen molar-refractivity contribution in [2.24, 2.45) is 11.8 Å². The van der Waals surface area contributed by atoms with Gasteiger partial charge in [-0.3, -0.25) is 0 Å². The molecule has 1 heterocycles. The Kier molecular flexibility index (Phi) is 9.08. The Morgan fingerprint density at radius 3 is 2.71 bits per heavy atom. The molecule has 1 aromatic rings. The quantitative estimate of drug-likeness (QED) is 0.415. The molecule has 2 rings (SSSR count). The van der Waals surface area contributed by atoms with Crippen molar-refractivity contribution < 1.29 is 29.6 Å². The second-order valence-corrected chi connectivity index (χ2v) is 8.92. The number of hydrogen-bond donors (Lipinski definition) is 4. The predicted octanol–water partition coefficient (Wildman–Crippen LogP) is 3.57. The van der Waals surface area contributed by atoms with Crippen LogP contribution in [0.15, 0.2) is 24.3 Å². The van der Waals surface area contributed by atoms with Crippen LogP contribution >= 0.6 is 11.3 Å². The van der Waals surface area contributed by atoms with Crippen molar-refractivity contribution >= 4 is 17.3 Å². The van der Waals surface area contributed by atoms with E-state index in [1.165, 1.54) is 11.3 Å². The normalized spacial score (nSPS) is 27.3. The zero-order valence-corrected chi connectivity index (χ0v) is 17.0. The number of aryl methyl sites for hydroxylation is 1. The summed E-state index contributed by atoms with van der Waals surface area (Å²) in [6.07, 6.45) is 4.48. The van der Waals surface area contributed by atoms with E-state index >= 15 is 0 Å². The van der Waals surface area contributed by atoms with Crippen molar-refractivity contribution in [1.82, 2.24) is 0 Å². The smallest absolute Gasteiger partial charge is 0.345 e. The molecule has 28 heavy (non-hydrogen) atoms. The molecule has 0 spiro atoms. The highest BCUT2D eigenvalue weighted by molar-refractivity contribution is 7.13. The van der Waals surface area contributed by atoms with Crippen LogP contribution < -0.4 is 0 Å². The summed E-state index contributed by atoms with van der Waals surface area (Å²) in [6.45, 7) is 1.71. The first-order chi connectivity index (χ1) is 13.3. The molecule has 0 unspecified atom stereocenters. The Labute approximate surface area is 169 Å². The molecule has 1 fully saturated rings. The number of halogens is 1. The molecule has 5 nitrogen and oxygen atoms in total. The third kappa shape index (κ3) is 6.95. The molecule has 0 aromatic carbocycles. The van der Waals surface area contributed by atoms with Gasteiger partial charge in [-0.15, -0.1) is 11.3 Å². The highest BCUT2D eigenvalue weighted by Gasteiger charge is 2.40. The topological polar surface area (TPSA) is 98.0 Å². The highest BCUT2D eigenvalue weighted by Crippen LogP contribution is 2.39. The van der Waals surface area contributed by atoms with Crippen LogP contribution in [0.5, 0.6) is 0 Å². The summed E-state index contributed by atoms with van der Waals surface area (Å²) in [4.78, 5) is 12.2. The van der Waals surface area contributed by atoms with Gasteiger partial charge in [0.2, 0.25) is 0 Å². The number of aliphatic hydroxyl groups is 3. The maximum absolute atomic E-state index is 14.4. The molecule has 1 aliphatic rings. The highest BCUT2D eigenvalue weighted by atomic mass is 32.1. The van der Waals surface area contributed by atoms with Gasteiger partial charge in [0.1, 0.15) is 11.0 Å². The van der Waals surface area contributed by atoms with E-state index in [4.69, 9.17) is 5.11 Å². The van der Waals surface area contributed by atoms with Gasteiger partial charge in [0, 0.05) is 17.2 Å². The third-order valence-corrected chi connectivity index (χ3v) is 6.51. The lowest BCUT2D eigenvalue weighted by atomic mass is 9.88. The summed E-state index contributed by atoms with van der Waals surface area (Å²) in [5, 5.41) is 38.5. The second kappa shape index (κ2) is 11.0. The van der Waals surface area contributed by atoms with Crippen LogP contribution in [0.3, 0.4) is 0 Å². The molecule has 6 atom stereocenters. The lowest BCUT2D eigenvalue weighted by molar-refractivity contribution is 0.0702. The van der Waals surface area contributed by atoms with E-state index in [9.17, 15) is 24.5 Å². The molecule has 1 aromatic heterocycles. The first kappa shape index (κ1) is 23.0. The SMILES string of the molecule is C[C@@H](O)CCC[C@H](O)/C=C/[C@@H]1[C@@H](CCCc2ccc(C(=O)O)s2)[C@H](F)C[C@H]1O. The fraction of sp³-hybridized carbons (Fsp3) is 0.667. The van der Waals surface area contributed by atoms with Gasteiger partial charge in [0.05, 0.1) is 18.3 Å². The van der Waals surface area contributed by atoms with E-state index in [1.807, 2.05) is 0 Å². The van der Waals surface area contributed by atoms with E-state index in [0.29, 0.717) is 37.0 Å². The average Bonchev–Trinajstić information content (AvgIpc) is 3.18. The summed E-state index contributed by atoms with van der Waals surface area (Å²) in [5.74, 6) is -1.55. The average molecular weight is 415 g/mol. The molecular formula is C21H31FO5S. The minimum atomic E-state index is -1.07. The Morgan fingerprint density at radius 1 is 1.32 bits per heavy atom. The summed E-state index contributed by atoms with van der Waals surface area (Å²) in [6, 6.07) is 3.38. The molecule has 0 aliphatic heterocycles. The fourth-order valence-corrected chi connectivity index (χ4v) is 4.74. The van der Waals surface area contributed by atoms with Crippen molar-refractivity contribution in [1.29, 1.82) is 0 Å². The van der Waals surface area contributed by atoms with Crippen LogP contribution in [0.4, 0.5) is 4.39 Å². The molecule has 1 saturated carbocycles. The molecule has 0 radical (unpaired) electrons. The Bertz CT molecular complexity index is 644. The Balaban J connectivity index is 1.84. The van der Waals surface area contributed by atoms with E-state index in [-0.39, 0.29) is 24.4 Å². The molecule has 0 amide bonds. The summed E-state index contributed by atoms with van der Waals surface area (Å²) in [7, 11) is 0. The predicted molar refractivity (Wildman–Crippen MR) is 107 cm³/mol. The summed E-state index contributed by atoms with van der Waals surface area (Å²) < 4.78 is 14.4. The standard InChI is InChI=1S/C21H31FO5S/c1-13(23)4-2-5-14(24)8-10-17-16(18(22)12-19(17)25)7-3-6-15-9-11-20(28-15)21(26)27/h8-11,13-14,16-19,23-25H,2-7,12H2,1H3,(H,26,27)/b10-8+/t13-,14+,16-,17-,18-,19-/m1/s1. The molecular weight excluding hydrogens is 383 g/mol. The van der Waals surface area contributed by atoms with E-state index in [0.717, 1.165) is 11.3 Å². The van der Waals surface area contributed by atoms with Gasteiger partial charge in [0.25, 0.3) is 0 Å². The monoisotopic (exact) mass is 414 g/mol. The first-order valence-electron chi connectivity index (χ1n) is 9.96. The zero-order chi connectivity index (χ0) is 20.7. The van der Waals surface area contributed by atoms with Crippen LogP contribution in [-0.4, -0.2) is 50.9 Å². The van der Waals surface area contributed by atoms with Crippen molar-refractivity contribution in [2.75, 3.05) is 0 Å². The maximum Gasteiger partial charge on any atom is 0.345 e. The van der Waals surface area contributed by atoms with Gasteiger partial charge in [-0.2, -0.15) is 0 Å². The first-order valence-corrected chi connectivity index (χ1v) is 10.8. The number of thiophene rings is 1. The van der Waals surface area contributed by atoms with Crippen LogP contribution in [0.1, 0.15) is 60.0 Å². The van der Waals surface area contributed by atoms with Crippen molar-refractivity contribution in [3.63, 3.8) is 0 Å². The van der Waals surface area contributed by atoms with Gasteiger partial charge in [0.15, 0.2) is 0 Å². The molecule has 0 saturated heterocycles. The minimum Gasteiger partial charge on any atom is -0.477 e. The summed E-state index contributed by atoms with van der Waals surface area (Å²) in [5.41, 5.74) is 0. The van der Waals surface area contributed by atoms with E-state index < -0.39 is 24.3 Å². The van der Waals surface area contributed by atoms with Crippen molar-refractivity contribution in [3.8, 4) is 0 Å². The number of alkyl halides is 1. The van der Waals surface area contributed by atoms with Gasteiger partial charge >= 0.3 is 5.97 Å². The number of hydrogen-bond acceptors (Lipinski definition) is 5. The molecule has 4 N–H and O–H groups in total. The number of aliphatic hydroxyl groups excluding tert-OH is 3. The van der Waals surface area contributed by atoms with Gasteiger partial charge in [-0.25, -0.2) is 9.18 Å². The van der Waals surface area contributed by atoms with E-state index in [2.05, 4.69) is 0 Å². The van der Waals surface area contributed by atoms with Crippen LogP contribution in [-0.2, 0) is 6.42 Å². The lowest BCUT2D eigenvalue weighted by Gasteiger charge is -2.20. The van der Waals surface area contributed by atoms with Crippen LogP contribution in [0.2, 0.25) is 0 Å². The zero-order valence-electron chi connectivity index (χ0n) is 16.2. The fourth-order valence-electron chi connectivity index (χ4n) is 3.85. The number of carbonyl (C=O) groups is 1. The van der Waals surface area contributed by atoms with Gasteiger partial charge < -0.3 is 20.4 Å². The number of carboxylic acid groups (broad SMARTS) is 1. The molecule has 0 bridgehead atoms.